The van der Waals surface area contributed by atoms with E-state index in [2.05, 4.69) is 57.7 Å². The van der Waals surface area contributed by atoms with Crippen molar-refractivity contribution in [2.45, 2.75) is 104 Å². The largest absolute Gasteiger partial charge is 0.320 e. The lowest BCUT2D eigenvalue weighted by Gasteiger charge is -2.40. The zero-order valence-corrected chi connectivity index (χ0v) is 19.4. The molecular weight excluding hydrogens is 338 g/mol. The second-order valence-electron chi connectivity index (χ2n) is 8.76. The highest BCUT2D eigenvalue weighted by atomic mass is 15.3. The van der Waals surface area contributed by atoms with Gasteiger partial charge in [0, 0.05) is 5.56 Å². The van der Waals surface area contributed by atoms with Gasteiger partial charge in [0.1, 0.15) is 6.54 Å². The summed E-state index contributed by atoms with van der Waals surface area (Å²) >= 11 is 0. The van der Waals surface area contributed by atoms with Gasteiger partial charge in [0.25, 0.3) is 0 Å². The maximum Gasteiger partial charge on any atom is 0.105 e. The molecule has 0 N–H and O–H groups in total. The summed E-state index contributed by atoms with van der Waals surface area (Å²) in [4.78, 5) is 0. The van der Waals surface area contributed by atoms with Crippen LogP contribution in [0.3, 0.4) is 0 Å². The molecule has 0 heterocycles. The summed E-state index contributed by atoms with van der Waals surface area (Å²) in [5, 5.41) is 0. The molecule has 160 valence electrons. The van der Waals surface area contributed by atoms with E-state index in [0.29, 0.717) is 0 Å². The van der Waals surface area contributed by atoms with Gasteiger partial charge in [-0.25, -0.2) is 0 Å². The molecule has 0 spiro atoms. The molecule has 0 radical (unpaired) electrons. The van der Waals surface area contributed by atoms with Crippen molar-refractivity contribution in [3.63, 3.8) is 0 Å². The Bertz CT molecular complexity index is 473. The SMILES string of the molecule is C=Cc1ccccc1C[N+](CCCCCC)(CCCCCC)CCCCCC. The van der Waals surface area contributed by atoms with Gasteiger partial charge in [-0.2, -0.15) is 0 Å². The third-order valence-corrected chi connectivity index (χ3v) is 6.24. The first-order chi connectivity index (χ1) is 13.7. The van der Waals surface area contributed by atoms with E-state index in [-0.39, 0.29) is 0 Å². The van der Waals surface area contributed by atoms with Crippen molar-refractivity contribution >= 4 is 6.08 Å². The van der Waals surface area contributed by atoms with Crippen molar-refractivity contribution in [2.75, 3.05) is 19.6 Å². The predicted octanol–water partition coefficient (Wildman–Crippen LogP) is 8.39. The van der Waals surface area contributed by atoms with Crippen molar-refractivity contribution < 1.29 is 4.48 Å². The van der Waals surface area contributed by atoms with Crippen LogP contribution < -0.4 is 0 Å². The molecule has 1 nitrogen and oxygen atoms in total. The molecule has 1 rings (SSSR count). The summed E-state index contributed by atoms with van der Waals surface area (Å²) in [6.07, 6.45) is 18.5. The minimum Gasteiger partial charge on any atom is -0.320 e. The first kappa shape index (κ1) is 25.0. The maximum absolute atomic E-state index is 4.07. The fourth-order valence-corrected chi connectivity index (χ4v) is 4.43. The average molecular weight is 387 g/mol. The Morgan fingerprint density at radius 3 is 1.57 bits per heavy atom. The van der Waals surface area contributed by atoms with Gasteiger partial charge in [-0.15, -0.1) is 0 Å². The third kappa shape index (κ3) is 9.92. The molecule has 0 aliphatic carbocycles. The highest BCUT2D eigenvalue weighted by molar-refractivity contribution is 5.51. The fourth-order valence-electron chi connectivity index (χ4n) is 4.43. The van der Waals surface area contributed by atoms with Crippen LogP contribution in [0.15, 0.2) is 30.8 Å². The topological polar surface area (TPSA) is 0 Å². The van der Waals surface area contributed by atoms with E-state index in [9.17, 15) is 0 Å². The smallest absolute Gasteiger partial charge is 0.105 e. The van der Waals surface area contributed by atoms with Crippen LogP contribution in [0.25, 0.3) is 6.08 Å². The van der Waals surface area contributed by atoms with Crippen LogP contribution in [0.4, 0.5) is 0 Å². The molecule has 0 saturated heterocycles. The summed E-state index contributed by atoms with van der Waals surface area (Å²) < 4.78 is 1.29. The molecule has 0 amide bonds. The second-order valence-corrected chi connectivity index (χ2v) is 8.76. The van der Waals surface area contributed by atoms with Gasteiger partial charge in [0.2, 0.25) is 0 Å². The first-order valence-corrected chi connectivity index (χ1v) is 12.3. The molecule has 1 heteroatoms. The molecular formula is C27H48N+. The maximum atomic E-state index is 4.07. The molecule has 0 bridgehead atoms. The normalized spacial score (nSPS) is 11.7. The van der Waals surface area contributed by atoms with Crippen LogP contribution >= 0.6 is 0 Å². The number of quaternary nitrogens is 1. The molecule has 28 heavy (non-hydrogen) atoms. The van der Waals surface area contributed by atoms with Crippen molar-refractivity contribution in [1.82, 2.24) is 0 Å². The van der Waals surface area contributed by atoms with Crippen molar-refractivity contribution in [3.8, 4) is 0 Å². The number of unbranched alkanes of at least 4 members (excludes halogenated alkanes) is 9. The molecule has 0 unspecified atom stereocenters. The lowest BCUT2D eigenvalue weighted by Crippen LogP contribution is -2.49. The van der Waals surface area contributed by atoms with Crippen LogP contribution in [0.2, 0.25) is 0 Å². The average Bonchev–Trinajstić information content (AvgIpc) is 2.72. The Balaban J connectivity index is 2.94. The second kappa shape index (κ2) is 15.8. The zero-order chi connectivity index (χ0) is 20.5. The van der Waals surface area contributed by atoms with E-state index >= 15 is 0 Å². The number of nitrogens with zero attached hydrogens (tertiary/aromatic N) is 1. The van der Waals surface area contributed by atoms with Gasteiger partial charge in [0.15, 0.2) is 0 Å². The van der Waals surface area contributed by atoms with Crippen LogP contribution in [-0.4, -0.2) is 24.1 Å². The van der Waals surface area contributed by atoms with Crippen molar-refractivity contribution in [2.24, 2.45) is 0 Å². The van der Waals surface area contributed by atoms with E-state index in [1.807, 2.05) is 0 Å². The van der Waals surface area contributed by atoms with E-state index in [4.69, 9.17) is 0 Å². The van der Waals surface area contributed by atoms with Crippen LogP contribution in [0.5, 0.6) is 0 Å². The van der Waals surface area contributed by atoms with Crippen LogP contribution in [0.1, 0.15) is 109 Å². The summed E-state index contributed by atoms with van der Waals surface area (Å²) in [5.74, 6) is 0. The minimum absolute atomic E-state index is 1.19. The molecule has 0 aliphatic rings. The van der Waals surface area contributed by atoms with Gasteiger partial charge >= 0.3 is 0 Å². The molecule has 0 fully saturated rings. The van der Waals surface area contributed by atoms with E-state index in [1.165, 1.54) is 119 Å². The van der Waals surface area contributed by atoms with E-state index in [0.717, 1.165) is 0 Å². The molecule has 0 aliphatic heterocycles. The van der Waals surface area contributed by atoms with Crippen molar-refractivity contribution in [3.05, 3.63) is 42.0 Å². The van der Waals surface area contributed by atoms with Crippen LogP contribution in [0, 0.1) is 0 Å². The molecule has 1 aromatic rings. The zero-order valence-electron chi connectivity index (χ0n) is 19.4. The summed E-state index contributed by atoms with van der Waals surface area (Å²) in [5.41, 5.74) is 2.83. The Kier molecular flexibility index (Phi) is 14.1. The Labute approximate surface area is 176 Å². The quantitative estimate of drug-likeness (QED) is 0.175. The molecule has 1 aromatic carbocycles. The standard InChI is InChI=1S/C27H48N/c1-5-9-12-17-22-28(23-18-13-10-6-2,24-19-14-11-7-3)25-27-21-16-15-20-26(27)8-4/h8,15-16,20-21H,4-7,9-14,17-19,22-25H2,1-3H3/q+1. The van der Waals surface area contributed by atoms with Gasteiger partial charge in [-0.1, -0.05) is 96.2 Å². The number of benzene rings is 1. The fraction of sp³-hybridized carbons (Fsp3) is 0.704. The molecule has 0 aromatic heterocycles. The number of hydrogen-bond acceptors (Lipinski definition) is 0. The number of rotatable bonds is 18. The minimum atomic E-state index is 1.19. The lowest BCUT2D eigenvalue weighted by molar-refractivity contribution is -0.941. The van der Waals surface area contributed by atoms with Crippen LogP contribution in [-0.2, 0) is 6.54 Å². The van der Waals surface area contributed by atoms with Gasteiger partial charge in [-0.05, 0) is 44.1 Å². The van der Waals surface area contributed by atoms with E-state index in [1.54, 1.807) is 0 Å². The molecule has 0 saturated carbocycles. The van der Waals surface area contributed by atoms with E-state index < -0.39 is 0 Å². The Morgan fingerprint density at radius 1 is 0.679 bits per heavy atom. The predicted molar refractivity (Wildman–Crippen MR) is 128 cm³/mol. The summed E-state index contributed by atoms with van der Waals surface area (Å²) in [6, 6.07) is 8.94. The monoisotopic (exact) mass is 386 g/mol. The third-order valence-electron chi connectivity index (χ3n) is 6.24. The highest BCUT2D eigenvalue weighted by Crippen LogP contribution is 2.24. The van der Waals surface area contributed by atoms with Gasteiger partial charge in [0.05, 0.1) is 19.6 Å². The number of hydrogen-bond donors (Lipinski definition) is 0. The first-order valence-electron chi connectivity index (χ1n) is 12.3. The summed E-state index contributed by atoms with van der Waals surface area (Å²) in [7, 11) is 0. The molecule has 0 atom stereocenters. The van der Waals surface area contributed by atoms with Crippen molar-refractivity contribution in [1.29, 1.82) is 0 Å². The Hall–Kier alpha value is -1.08. The lowest BCUT2D eigenvalue weighted by atomic mass is 10.0. The Morgan fingerprint density at radius 2 is 1.14 bits per heavy atom. The highest BCUT2D eigenvalue weighted by Gasteiger charge is 2.27. The summed E-state index contributed by atoms with van der Waals surface area (Å²) in [6.45, 7) is 16.3. The van der Waals surface area contributed by atoms with Gasteiger partial charge in [-0.3, -0.25) is 0 Å². The van der Waals surface area contributed by atoms with Gasteiger partial charge < -0.3 is 4.48 Å².